The van der Waals surface area contributed by atoms with E-state index in [9.17, 15) is 27.2 Å². The number of carbonyl (C=O) groups is 2. The van der Waals surface area contributed by atoms with Gasteiger partial charge >= 0.3 is 12.1 Å². The molecular weight excluding hydrogens is 518 g/mol. The third-order valence-electron chi connectivity index (χ3n) is 5.67. The lowest BCUT2D eigenvalue weighted by molar-refractivity contribution is -0.138. The standard InChI is InChI=1S/C28H29F4N3O4/c1-17(2)13-22(35-21-7-3-18(4-8-21)27(38)33-12-11-26(36)37)16-39-25-10-5-19(15-34-25)23-9-6-20(14-24(23)29)28(30,31)32/h3-10,14-15,17,22,35H,11-13,16H2,1-2H3,(H,33,38)(H,36,37)/t22-/m0/s1. The van der Waals surface area contributed by atoms with E-state index in [-0.39, 0.29) is 43.0 Å². The van der Waals surface area contributed by atoms with Gasteiger partial charge in [0, 0.05) is 41.2 Å². The number of hydrogen-bond acceptors (Lipinski definition) is 5. The summed E-state index contributed by atoms with van der Waals surface area (Å²) in [5.74, 6) is -1.74. The van der Waals surface area contributed by atoms with Crippen molar-refractivity contribution in [2.45, 2.75) is 38.9 Å². The number of ether oxygens (including phenoxy) is 1. The van der Waals surface area contributed by atoms with Gasteiger partial charge in [-0.1, -0.05) is 19.9 Å². The van der Waals surface area contributed by atoms with Crippen LogP contribution in [0.3, 0.4) is 0 Å². The van der Waals surface area contributed by atoms with Crippen LogP contribution in [-0.2, 0) is 11.0 Å². The van der Waals surface area contributed by atoms with Crippen molar-refractivity contribution in [2.24, 2.45) is 5.92 Å². The first-order chi connectivity index (χ1) is 18.4. The molecule has 1 atom stereocenters. The molecule has 3 aromatic rings. The summed E-state index contributed by atoms with van der Waals surface area (Å²) < 4.78 is 58.5. The smallest absolute Gasteiger partial charge is 0.416 e. The molecule has 2 aromatic carbocycles. The van der Waals surface area contributed by atoms with Crippen molar-refractivity contribution in [2.75, 3.05) is 18.5 Å². The van der Waals surface area contributed by atoms with Crippen LogP contribution in [-0.4, -0.2) is 41.2 Å². The van der Waals surface area contributed by atoms with Gasteiger partial charge in [0.1, 0.15) is 12.4 Å². The molecule has 0 aliphatic carbocycles. The molecule has 0 saturated heterocycles. The van der Waals surface area contributed by atoms with E-state index in [0.29, 0.717) is 23.1 Å². The van der Waals surface area contributed by atoms with E-state index in [0.717, 1.165) is 24.2 Å². The second-order valence-corrected chi connectivity index (χ2v) is 9.34. The van der Waals surface area contributed by atoms with Crippen LogP contribution >= 0.6 is 0 Å². The Labute approximate surface area is 223 Å². The molecule has 0 aliphatic rings. The molecular formula is C28H29F4N3O4. The van der Waals surface area contributed by atoms with Gasteiger partial charge in [0.2, 0.25) is 5.88 Å². The molecule has 3 N–H and O–H groups in total. The number of carboxylic acid groups (broad SMARTS) is 1. The molecule has 1 aromatic heterocycles. The lowest BCUT2D eigenvalue weighted by Crippen LogP contribution is -2.29. The van der Waals surface area contributed by atoms with E-state index < -0.39 is 23.5 Å². The van der Waals surface area contributed by atoms with Crippen LogP contribution in [0.1, 0.15) is 42.6 Å². The zero-order chi connectivity index (χ0) is 28.6. The highest BCUT2D eigenvalue weighted by Gasteiger charge is 2.31. The van der Waals surface area contributed by atoms with Gasteiger partial charge in [-0.05, 0) is 54.8 Å². The number of aromatic nitrogens is 1. The second kappa shape index (κ2) is 13.1. The number of carbonyl (C=O) groups excluding carboxylic acids is 1. The fourth-order valence-electron chi connectivity index (χ4n) is 3.81. The summed E-state index contributed by atoms with van der Waals surface area (Å²) >= 11 is 0. The van der Waals surface area contributed by atoms with Crippen molar-refractivity contribution in [1.29, 1.82) is 0 Å². The number of amides is 1. The summed E-state index contributed by atoms with van der Waals surface area (Å²) in [5.41, 5.74) is 0.413. The normalized spacial score (nSPS) is 12.2. The maximum absolute atomic E-state index is 14.3. The number of pyridine rings is 1. The molecule has 7 nitrogen and oxygen atoms in total. The molecule has 0 aliphatic heterocycles. The number of benzene rings is 2. The first kappa shape index (κ1) is 29.4. The minimum absolute atomic E-state index is 0.000384. The van der Waals surface area contributed by atoms with Gasteiger partial charge in [-0.3, -0.25) is 9.59 Å². The summed E-state index contributed by atoms with van der Waals surface area (Å²) in [6.07, 6.45) is -2.69. The Morgan fingerprint density at radius 3 is 2.33 bits per heavy atom. The number of aliphatic carboxylic acids is 1. The maximum Gasteiger partial charge on any atom is 0.416 e. The minimum Gasteiger partial charge on any atom is -0.481 e. The molecule has 39 heavy (non-hydrogen) atoms. The van der Waals surface area contributed by atoms with Crippen LogP contribution in [0.15, 0.2) is 60.8 Å². The van der Waals surface area contributed by atoms with E-state index in [1.807, 2.05) is 0 Å². The third-order valence-corrected chi connectivity index (χ3v) is 5.67. The highest BCUT2D eigenvalue weighted by molar-refractivity contribution is 5.94. The lowest BCUT2D eigenvalue weighted by atomic mass is 10.0. The Bertz CT molecular complexity index is 1260. The van der Waals surface area contributed by atoms with Crippen molar-refractivity contribution in [3.63, 3.8) is 0 Å². The average molecular weight is 548 g/mol. The Morgan fingerprint density at radius 2 is 1.77 bits per heavy atom. The Hall–Kier alpha value is -4.15. The number of alkyl halides is 3. The monoisotopic (exact) mass is 547 g/mol. The third kappa shape index (κ3) is 8.98. The predicted octanol–water partition coefficient (Wildman–Crippen LogP) is 6.02. The lowest BCUT2D eigenvalue weighted by Gasteiger charge is -2.22. The van der Waals surface area contributed by atoms with E-state index >= 15 is 0 Å². The minimum atomic E-state index is -4.63. The van der Waals surface area contributed by atoms with Crippen LogP contribution in [0.25, 0.3) is 11.1 Å². The largest absolute Gasteiger partial charge is 0.481 e. The van der Waals surface area contributed by atoms with Crippen molar-refractivity contribution in [3.8, 4) is 17.0 Å². The molecule has 0 bridgehead atoms. The van der Waals surface area contributed by atoms with Gasteiger partial charge in [0.25, 0.3) is 5.91 Å². The fourth-order valence-corrected chi connectivity index (χ4v) is 3.81. The van der Waals surface area contributed by atoms with Crippen molar-refractivity contribution >= 4 is 17.6 Å². The molecule has 0 saturated carbocycles. The van der Waals surface area contributed by atoms with Gasteiger partial charge in [-0.25, -0.2) is 9.37 Å². The number of anilines is 1. The summed E-state index contributed by atoms with van der Waals surface area (Å²) in [6, 6.07) is 12.0. The maximum atomic E-state index is 14.3. The highest BCUT2D eigenvalue weighted by Crippen LogP contribution is 2.33. The van der Waals surface area contributed by atoms with Crippen LogP contribution in [0.2, 0.25) is 0 Å². The molecule has 11 heteroatoms. The van der Waals surface area contributed by atoms with E-state index in [2.05, 4.69) is 29.5 Å². The van der Waals surface area contributed by atoms with Crippen LogP contribution in [0, 0.1) is 11.7 Å². The van der Waals surface area contributed by atoms with Gasteiger partial charge in [-0.2, -0.15) is 13.2 Å². The summed E-state index contributed by atoms with van der Waals surface area (Å²) in [5, 5.41) is 14.6. The van der Waals surface area contributed by atoms with E-state index in [4.69, 9.17) is 9.84 Å². The van der Waals surface area contributed by atoms with Gasteiger partial charge in [0.05, 0.1) is 18.0 Å². The summed E-state index contributed by atoms with van der Waals surface area (Å²) in [7, 11) is 0. The van der Waals surface area contributed by atoms with Crippen LogP contribution in [0.5, 0.6) is 5.88 Å². The Morgan fingerprint density at radius 1 is 1.05 bits per heavy atom. The molecule has 0 spiro atoms. The van der Waals surface area contributed by atoms with Gasteiger partial charge in [-0.15, -0.1) is 0 Å². The first-order valence-electron chi connectivity index (χ1n) is 12.2. The Kier molecular flexibility index (Phi) is 9.86. The van der Waals surface area contributed by atoms with Gasteiger partial charge in [0.15, 0.2) is 0 Å². The number of halogens is 4. The molecule has 1 amide bonds. The Balaban J connectivity index is 1.60. The topological polar surface area (TPSA) is 101 Å². The average Bonchev–Trinajstić information content (AvgIpc) is 2.87. The van der Waals surface area contributed by atoms with E-state index in [1.165, 1.54) is 18.3 Å². The number of rotatable bonds is 12. The molecule has 1 heterocycles. The number of nitrogens with one attached hydrogen (secondary N) is 2. The van der Waals surface area contributed by atoms with Crippen molar-refractivity contribution in [3.05, 3.63) is 77.7 Å². The molecule has 208 valence electrons. The van der Waals surface area contributed by atoms with E-state index in [1.54, 1.807) is 24.3 Å². The number of nitrogens with zero attached hydrogens (tertiary/aromatic N) is 1. The summed E-state index contributed by atoms with van der Waals surface area (Å²) in [4.78, 5) is 26.9. The SMILES string of the molecule is CC(C)C[C@@H](COc1ccc(-c2ccc(C(F)(F)F)cc2F)cn1)Nc1ccc(C(=O)NCCC(=O)O)cc1. The second-order valence-electron chi connectivity index (χ2n) is 9.34. The molecule has 0 radical (unpaired) electrons. The molecule has 0 fully saturated rings. The predicted molar refractivity (Wildman–Crippen MR) is 138 cm³/mol. The zero-order valence-electron chi connectivity index (χ0n) is 21.4. The first-order valence-corrected chi connectivity index (χ1v) is 12.2. The molecule has 0 unspecified atom stereocenters. The van der Waals surface area contributed by atoms with Crippen LogP contribution < -0.4 is 15.4 Å². The van der Waals surface area contributed by atoms with Crippen molar-refractivity contribution in [1.82, 2.24) is 10.3 Å². The van der Waals surface area contributed by atoms with Crippen molar-refractivity contribution < 1.29 is 37.0 Å². The summed E-state index contributed by atoms with van der Waals surface area (Å²) in [6.45, 7) is 4.41. The highest BCUT2D eigenvalue weighted by atomic mass is 19.4. The zero-order valence-corrected chi connectivity index (χ0v) is 21.4. The number of hydrogen-bond donors (Lipinski definition) is 3. The van der Waals surface area contributed by atoms with Gasteiger partial charge < -0.3 is 20.5 Å². The fraction of sp³-hybridized carbons (Fsp3) is 0.321. The quantitative estimate of drug-likeness (QED) is 0.240. The van der Waals surface area contributed by atoms with Crippen LogP contribution in [0.4, 0.5) is 23.2 Å². The number of carboxylic acids is 1. The molecule has 3 rings (SSSR count).